The Morgan fingerprint density at radius 1 is 0.580 bits per heavy atom. The molecule has 0 saturated heterocycles. The van der Waals surface area contributed by atoms with Crippen LogP contribution in [0.5, 0.6) is 0 Å². The van der Waals surface area contributed by atoms with Crippen molar-refractivity contribution in [1.29, 1.82) is 0 Å². The summed E-state index contributed by atoms with van der Waals surface area (Å²) < 4.78 is 0.202. The van der Waals surface area contributed by atoms with Gasteiger partial charge in [-0.1, -0.05) is 0 Å². The maximum atomic E-state index is 8.91. The number of rotatable bonds is 13. The average molecular weight is 800 g/mol. The van der Waals surface area contributed by atoms with Crippen LogP contribution in [0.3, 0.4) is 0 Å². The van der Waals surface area contributed by atoms with Crippen LogP contribution >= 0.6 is 17.0 Å². The summed E-state index contributed by atoms with van der Waals surface area (Å²) in [6.07, 6.45) is 11.5. The molecule has 2 aliphatic rings. The number of hydrogen-bond donors (Lipinski definition) is 0. The van der Waals surface area contributed by atoms with E-state index in [0.29, 0.717) is 11.8 Å². The van der Waals surface area contributed by atoms with Crippen molar-refractivity contribution >= 4 is 35.1 Å². The van der Waals surface area contributed by atoms with Gasteiger partial charge in [-0.15, -0.1) is 0 Å². The Balaban J connectivity index is 1.66. The van der Waals surface area contributed by atoms with Crippen LogP contribution < -0.4 is 0 Å². The number of fused-ring (bicyclic) bond motifs is 2. The third kappa shape index (κ3) is 6.70. The van der Waals surface area contributed by atoms with Gasteiger partial charge >= 0.3 is 315 Å². The molecule has 0 bridgehead atoms. The second-order valence-corrected chi connectivity index (χ2v) is 58.8. The van der Waals surface area contributed by atoms with Gasteiger partial charge in [-0.2, -0.15) is 0 Å². The molecule has 263 valence electrons. The molecule has 2 aliphatic carbocycles. The molecule has 6 rings (SSSR count). The van der Waals surface area contributed by atoms with E-state index in [-0.39, 0.29) is 7.25 Å². The Labute approximate surface area is 312 Å². The normalized spacial score (nSPS) is 17.9. The Kier molecular flexibility index (Phi) is 11.5. The third-order valence-electron chi connectivity index (χ3n) is 11.4. The van der Waals surface area contributed by atoms with E-state index in [1.807, 2.05) is 0 Å². The first kappa shape index (κ1) is 37.8. The van der Waals surface area contributed by atoms with E-state index >= 15 is 0 Å². The van der Waals surface area contributed by atoms with Crippen LogP contribution in [0.2, 0.25) is 13.1 Å². The van der Waals surface area contributed by atoms with Crippen LogP contribution in [-0.2, 0) is 28.4 Å². The molecule has 0 spiro atoms. The van der Waals surface area contributed by atoms with Crippen LogP contribution in [0, 0.1) is 11.8 Å². The van der Waals surface area contributed by atoms with Crippen LogP contribution in [0.25, 0.3) is 34.4 Å². The van der Waals surface area contributed by atoms with Gasteiger partial charge in [0.25, 0.3) is 0 Å². The molecule has 2 atom stereocenters. The van der Waals surface area contributed by atoms with Gasteiger partial charge < -0.3 is 0 Å². The number of benzene rings is 4. The maximum absolute atomic E-state index is 8.91. The fourth-order valence-electron chi connectivity index (χ4n) is 9.39. The minimum atomic E-state index is -4.94. The van der Waals surface area contributed by atoms with Crippen molar-refractivity contribution < 1.29 is 15.6 Å². The molecule has 0 fully saturated rings. The van der Waals surface area contributed by atoms with E-state index in [2.05, 4.69) is 152 Å². The predicted octanol–water partition coefficient (Wildman–Crippen LogP) is 14.6. The van der Waals surface area contributed by atoms with E-state index in [9.17, 15) is 0 Å². The molecule has 0 radical (unpaired) electrons. The van der Waals surface area contributed by atoms with Crippen molar-refractivity contribution in [3.05, 3.63) is 129 Å². The Hall–Kier alpha value is -1.96. The minimum absolute atomic E-state index is 0.101. The van der Waals surface area contributed by atoms with Crippen LogP contribution in [-0.4, -0.2) is 5.92 Å². The number of halogens is 2. The molecule has 2 unspecified atom stereocenters. The zero-order valence-corrected chi connectivity index (χ0v) is 36.7. The first-order chi connectivity index (χ1) is 23.9. The molecule has 0 N–H and O–H groups in total. The van der Waals surface area contributed by atoms with Gasteiger partial charge in [-0.05, 0) is 0 Å². The van der Waals surface area contributed by atoms with Gasteiger partial charge in [0.1, 0.15) is 0 Å². The zero-order valence-electron chi connectivity index (χ0n) is 31.6. The topological polar surface area (TPSA) is 0 Å². The molecule has 0 nitrogen and oxygen atoms in total. The van der Waals surface area contributed by atoms with Gasteiger partial charge in [0.15, 0.2) is 0 Å². The Morgan fingerprint density at radius 2 is 0.960 bits per heavy atom. The van der Waals surface area contributed by atoms with Crippen molar-refractivity contribution in [3.63, 3.8) is 0 Å². The molecule has 0 aliphatic heterocycles. The Bertz CT molecular complexity index is 1770. The summed E-state index contributed by atoms with van der Waals surface area (Å²) >= 11 is -4.94. The van der Waals surface area contributed by atoms with Crippen molar-refractivity contribution in [3.8, 4) is 22.3 Å². The summed E-state index contributed by atoms with van der Waals surface area (Å²) in [7, 11) is 17.8. The van der Waals surface area contributed by atoms with Crippen molar-refractivity contribution in [2.75, 3.05) is 0 Å². The molecule has 50 heavy (non-hydrogen) atoms. The molecule has 4 heteroatoms. The van der Waals surface area contributed by atoms with E-state index in [0.717, 1.165) is 38.5 Å². The summed E-state index contributed by atoms with van der Waals surface area (Å²) in [5.41, 5.74) is 16.8. The fraction of sp³-hybridized carbons (Fsp3) is 0.391. The molecular weight excluding hydrogens is 743 g/mol. The van der Waals surface area contributed by atoms with Crippen molar-refractivity contribution in [2.24, 2.45) is 11.8 Å². The fourth-order valence-corrected chi connectivity index (χ4v) is 40.8. The first-order valence-corrected chi connectivity index (χ1v) is 35.6. The van der Waals surface area contributed by atoms with Crippen LogP contribution in [0.1, 0.15) is 108 Å². The summed E-state index contributed by atoms with van der Waals surface area (Å²) in [5, 5.41) is 0. The van der Waals surface area contributed by atoms with Gasteiger partial charge in [0, 0.05) is 0 Å². The zero-order chi connectivity index (χ0) is 35.8. The molecule has 0 saturated carbocycles. The van der Waals surface area contributed by atoms with Gasteiger partial charge in [-0.3, -0.25) is 0 Å². The summed E-state index contributed by atoms with van der Waals surface area (Å²) in [6.45, 7) is 19.0. The van der Waals surface area contributed by atoms with Crippen molar-refractivity contribution in [2.45, 2.75) is 100 Å². The van der Waals surface area contributed by atoms with Gasteiger partial charge in [0.05, 0.1) is 0 Å². The Morgan fingerprint density at radius 3 is 1.28 bits per heavy atom. The molecular formula is C46H57Cl2SiZr. The SMILES string of the molecule is CCCc1ccc2c(c1-c1ccccc1)C=C(CC(C)C)[CH]2[Zr]([Cl])([Cl])([CH]1C(CC(C)C)=Cc2c1ccc(CCC)c2-c1ccccc1)[SiH](C)C. The molecule has 0 amide bonds. The summed E-state index contributed by atoms with van der Waals surface area (Å²) in [4.78, 5) is 0. The van der Waals surface area contributed by atoms with Gasteiger partial charge in [-0.25, -0.2) is 0 Å². The van der Waals surface area contributed by atoms with E-state index < -0.39 is 21.5 Å². The summed E-state index contributed by atoms with van der Waals surface area (Å²) in [5.74, 6) is -0.655. The predicted molar refractivity (Wildman–Crippen MR) is 223 cm³/mol. The number of aryl methyl sites for hydroxylation is 2. The molecule has 0 heterocycles. The number of allylic oxidation sites excluding steroid dienone is 2. The van der Waals surface area contributed by atoms with Crippen LogP contribution in [0.4, 0.5) is 0 Å². The van der Waals surface area contributed by atoms with Crippen LogP contribution in [0.15, 0.2) is 96.1 Å². The van der Waals surface area contributed by atoms with Crippen molar-refractivity contribution in [1.82, 2.24) is 0 Å². The number of hydrogen-bond acceptors (Lipinski definition) is 0. The summed E-state index contributed by atoms with van der Waals surface area (Å²) in [6, 6.07) is 31.9. The second-order valence-electron chi connectivity index (χ2n) is 16.3. The quantitative estimate of drug-likeness (QED) is 0.118. The molecule has 4 aromatic rings. The average Bonchev–Trinajstić information content (AvgIpc) is 3.63. The second kappa shape index (κ2) is 15.2. The van der Waals surface area contributed by atoms with E-state index in [1.54, 1.807) is 0 Å². The molecule has 4 aromatic carbocycles. The monoisotopic (exact) mass is 797 g/mol. The molecule has 0 aromatic heterocycles. The third-order valence-corrected chi connectivity index (χ3v) is 63.3. The van der Waals surface area contributed by atoms with E-state index in [1.165, 1.54) is 66.8 Å². The van der Waals surface area contributed by atoms with E-state index in [4.69, 9.17) is 17.0 Å². The first-order valence-electron chi connectivity index (χ1n) is 19.3. The standard InChI is InChI=1S/2C22H25.C2H7Si.2ClH.Zr/c2*1-4-8-18-11-12-20-14-17(13-16(2)3)15-21(20)22(18)19-9-6-5-7-10-19;1-3-2;;;/h2*5-7,9-12,14-16H,4,8,13H2,1-3H3;3H,1-2H3;2*1H;/q;;;;;+2/p-2. The van der Waals surface area contributed by atoms with Gasteiger partial charge in [0.2, 0.25) is 0 Å².